The van der Waals surface area contributed by atoms with E-state index in [4.69, 9.17) is 51.8 Å². The van der Waals surface area contributed by atoms with E-state index in [2.05, 4.69) is 20.8 Å². The molecule has 12 N–H and O–H groups in total. The fourth-order valence-electron chi connectivity index (χ4n) is 7.80. The molecule has 0 aromatic rings. The number of phosphoric acid groups is 1. The van der Waals surface area contributed by atoms with Gasteiger partial charge in [-0.2, -0.15) is 0 Å². The molecule has 0 aliphatic rings. The molecule has 16 nitrogen and oxygen atoms in total. The van der Waals surface area contributed by atoms with E-state index in [1.54, 1.807) is 0 Å². The molecule has 0 saturated heterocycles. The Labute approximate surface area is 416 Å². The van der Waals surface area contributed by atoms with Crippen molar-refractivity contribution in [1.29, 1.82) is 0 Å². The molecule has 0 spiro atoms. The van der Waals surface area contributed by atoms with Gasteiger partial charge in [-0.1, -0.05) is 194 Å². The second-order valence-electron chi connectivity index (χ2n) is 18.5. The van der Waals surface area contributed by atoms with Crippen LogP contribution in [-0.2, 0) is 18.9 Å². The number of nitrogens with zero attached hydrogens (tertiary/aromatic N) is 3. The van der Waals surface area contributed by atoms with Crippen LogP contribution in [0.15, 0.2) is 0 Å². The quantitative estimate of drug-likeness (QED) is 0.0202. The molecule has 0 radical (unpaired) electrons. The summed E-state index contributed by atoms with van der Waals surface area (Å²) in [5, 5.41) is 26.6. The second kappa shape index (κ2) is 59.6. The van der Waals surface area contributed by atoms with Crippen LogP contribution >= 0.6 is 7.82 Å². The number of carboxylic acids is 3. The van der Waals surface area contributed by atoms with Crippen LogP contribution in [0, 0.1) is 0 Å². The number of carbonyl (C=O) groups is 3. The molecule has 0 aromatic carbocycles. The Balaban J connectivity index is -0.000000429. The first-order valence-corrected chi connectivity index (χ1v) is 28.9. The van der Waals surface area contributed by atoms with Crippen LogP contribution in [0.2, 0.25) is 0 Å². The van der Waals surface area contributed by atoms with Gasteiger partial charge in [0.1, 0.15) is 0 Å². The lowest BCUT2D eigenvalue weighted by molar-refractivity contribution is -0.139. The zero-order valence-corrected chi connectivity index (χ0v) is 45.1. The monoisotopic (exact) mass is 999 g/mol. The minimum absolute atomic E-state index is 0.150. The second-order valence-corrected chi connectivity index (χ2v) is 19.5. The number of nitrogens with two attached hydrogens (primary N) is 3. The Bertz CT molecular complexity index is 972. The highest BCUT2D eigenvalue weighted by molar-refractivity contribution is 7.45. The van der Waals surface area contributed by atoms with Crippen LogP contribution in [0.5, 0.6) is 0 Å². The molecule has 0 aliphatic heterocycles. The molecule has 0 saturated carbocycles. The number of hydrogen-bond acceptors (Lipinski definition) is 10. The Morgan fingerprint density at radius 1 is 0.324 bits per heavy atom. The maximum absolute atomic E-state index is 10.8. The lowest BCUT2D eigenvalue weighted by atomic mass is 10.1. The van der Waals surface area contributed by atoms with Gasteiger partial charge in [0, 0.05) is 0 Å². The third-order valence-electron chi connectivity index (χ3n) is 11.6. The Morgan fingerprint density at radius 2 is 0.471 bits per heavy atom. The van der Waals surface area contributed by atoms with Gasteiger partial charge in [0.25, 0.3) is 0 Å². The molecule has 0 atom stereocenters. The molecule has 0 unspecified atom stereocenters. The van der Waals surface area contributed by atoms with E-state index < -0.39 is 25.7 Å². The molecule has 0 amide bonds. The first-order chi connectivity index (χ1) is 32.6. The minimum atomic E-state index is -4.64. The first-order valence-electron chi connectivity index (χ1n) is 27.3. The van der Waals surface area contributed by atoms with Crippen LogP contribution in [-0.4, -0.2) is 141 Å². The predicted octanol–water partition coefficient (Wildman–Crippen LogP) is 10.00. The molecule has 0 aliphatic carbocycles. The van der Waals surface area contributed by atoms with Gasteiger partial charge in [-0.05, 0) is 97.4 Å². The summed E-state index contributed by atoms with van der Waals surface area (Å²) in [6.07, 6.45) is 42.1. The van der Waals surface area contributed by atoms with Crippen molar-refractivity contribution in [3.05, 3.63) is 0 Å². The highest BCUT2D eigenvalue weighted by atomic mass is 31.2. The third-order valence-corrected chi connectivity index (χ3v) is 11.6. The van der Waals surface area contributed by atoms with E-state index in [0.29, 0.717) is 19.6 Å². The fraction of sp³-hybridized carbons (Fsp3) is 0.941. The van der Waals surface area contributed by atoms with E-state index in [0.717, 1.165) is 77.8 Å². The van der Waals surface area contributed by atoms with E-state index >= 15 is 0 Å². The van der Waals surface area contributed by atoms with E-state index in [9.17, 15) is 14.4 Å². The van der Waals surface area contributed by atoms with Gasteiger partial charge in [0.05, 0.1) is 19.6 Å². The maximum Gasteiger partial charge on any atom is 0.466 e. The molecule has 17 heteroatoms. The summed E-state index contributed by atoms with van der Waals surface area (Å²) in [5.41, 5.74) is 16.5. The third kappa shape index (κ3) is 75.8. The standard InChI is InChI=1S/3C17H36N2O2.H3O4P/c3*1-2-3-4-5-6-7-8-9-10-11-14-19(15-12-13-18)16-17(20)21;1-5(2,3)4/h3*2-16,18H2,1H3,(H,20,21);(H3,1,2,3,4). The van der Waals surface area contributed by atoms with Crippen LogP contribution in [0.1, 0.15) is 233 Å². The Morgan fingerprint density at radius 3 is 0.618 bits per heavy atom. The fourth-order valence-corrected chi connectivity index (χ4v) is 7.80. The van der Waals surface area contributed by atoms with Crippen molar-refractivity contribution < 1.29 is 48.9 Å². The summed E-state index contributed by atoms with van der Waals surface area (Å²) < 4.78 is 8.88. The molecule has 410 valence electrons. The van der Waals surface area contributed by atoms with Crippen molar-refractivity contribution in [2.75, 3.05) is 78.5 Å². The number of unbranched alkanes of at least 4 members (excludes halogenated alkanes) is 27. The Hall–Kier alpha value is -1.72. The van der Waals surface area contributed by atoms with Gasteiger partial charge in [-0.3, -0.25) is 29.1 Å². The van der Waals surface area contributed by atoms with Crippen molar-refractivity contribution >= 4 is 25.7 Å². The summed E-state index contributed by atoms with van der Waals surface area (Å²) >= 11 is 0. The topological polar surface area (TPSA) is 277 Å². The summed E-state index contributed by atoms with van der Waals surface area (Å²) in [7, 11) is -4.64. The van der Waals surface area contributed by atoms with E-state index in [1.165, 1.54) is 173 Å². The predicted molar refractivity (Wildman–Crippen MR) is 283 cm³/mol. The average molecular weight is 999 g/mol. The maximum atomic E-state index is 10.8. The molecular formula is C51H111N6O10P. The largest absolute Gasteiger partial charge is 0.480 e. The van der Waals surface area contributed by atoms with Crippen LogP contribution in [0.3, 0.4) is 0 Å². The zero-order chi connectivity index (χ0) is 51.8. The van der Waals surface area contributed by atoms with Gasteiger partial charge < -0.3 is 47.2 Å². The van der Waals surface area contributed by atoms with Gasteiger partial charge in [-0.25, -0.2) is 4.57 Å². The van der Waals surface area contributed by atoms with Gasteiger partial charge in [0.2, 0.25) is 0 Å². The van der Waals surface area contributed by atoms with Crippen molar-refractivity contribution in [2.45, 2.75) is 233 Å². The van der Waals surface area contributed by atoms with Crippen molar-refractivity contribution in [3.63, 3.8) is 0 Å². The SMILES string of the molecule is CCCCCCCCCCCCN(CCCN)CC(=O)O.CCCCCCCCCCCCN(CCCN)CC(=O)O.CCCCCCCCCCCCN(CCCN)CC(=O)O.O=P(O)(O)O. The molecular weight excluding hydrogens is 888 g/mol. The number of carboxylic acid groups (broad SMARTS) is 3. The first kappa shape index (κ1) is 72.8. The lowest BCUT2D eigenvalue weighted by Gasteiger charge is -2.19. The Kier molecular flexibility index (Phi) is 63.8. The highest BCUT2D eigenvalue weighted by Crippen LogP contribution is 2.26. The smallest absolute Gasteiger partial charge is 0.466 e. The summed E-state index contributed by atoms with van der Waals surface area (Å²) in [6.45, 7) is 14.2. The summed E-state index contributed by atoms with van der Waals surface area (Å²) in [4.78, 5) is 60.0. The van der Waals surface area contributed by atoms with Gasteiger partial charge in [0.15, 0.2) is 0 Å². The van der Waals surface area contributed by atoms with Crippen LogP contribution in [0.25, 0.3) is 0 Å². The zero-order valence-electron chi connectivity index (χ0n) is 44.2. The lowest BCUT2D eigenvalue weighted by Crippen LogP contribution is -2.32. The normalized spacial score (nSPS) is 11.2. The van der Waals surface area contributed by atoms with E-state index in [1.807, 2.05) is 14.7 Å². The molecule has 0 rings (SSSR count). The molecule has 68 heavy (non-hydrogen) atoms. The summed E-state index contributed by atoms with van der Waals surface area (Å²) in [6, 6.07) is 0. The minimum Gasteiger partial charge on any atom is -0.480 e. The summed E-state index contributed by atoms with van der Waals surface area (Å²) in [5.74, 6) is -2.21. The van der Waals surface area contributed by atoms with E-state index in [-0.39, 0.29) is 19.6 Å². The number of rotatable bonds is 48. The van der Waals surface area contributed by atoms with Crippen molar-refractivity contribution in [2.24, 2.45) is 17.2 Å². The number of hydrogen-bond donors (Lipinski definition) is 9. The van der Waals surface area contributed by atoms with Crippen molar-refractivity contribution in [3.8, 4) is 0 Å². The molecule has 0 bridgehead atoms. The number of aliphatic carboxylic acids is 3. The molecule has 0 aromatic heterocycles. The highest BCUT2D eigenvalue weighted by Gasteiger charge is 2.11. The van der Waals surface area contributed by atoms with Crippen molar-refractivity contribution in [1.82, 2.24) is 14.7 Å². The molecule has 0 fully saturated rings. The van der Waals surface area contributed by atoms with Crippen LogP contribution < -0.4 is 17.2 Å². The average Bonchev–Trinajstić information content (AvgIpc) is 3.27. The molecule has 0 heterocycles. The van der Waals surface area contributed by atoms with Crippen LogP contribution in [0.4, 0.5) is 0 Å². The van der Waals surface area contributed by atoms with Gasteiger partial charge in [-0.15, -0.1) is 0 Å². The van der Waals surface area contributed by atoms with Gasteiger partial charge >= 0.3 is 25.7 Å².